The van der Waals surface area contributed by atoms with Gasteiger partial charge in [-0.1, -0.05) is 17.7 Å². The van der Waals surface area contributed by atoms with Crippen LogP contribution in [0.4, 0.5) is 0 Å². The second kappa shape index (κ2) is 5.71. The SMILES string of the molecule is C#CCNC(=O)CSc1nc2nc(C)cc(C)n2n1. The fourth-order valence-corrected chi connectivity index (χ4v) is 2.19. The number of thioether (sulfide) groups is 1. The third-order valence-corrected chi connectivity index (χ3v) is 3.16. The summed E-state index contributed by atoms with van der Waals surface area (Å²) in [6, 6.07) is 1.93. The van der Waals surface area contributed by atoms with Gasteiger partial charge in [0.25, 0.3) is 5.78 Å². The largest absolute Gasteiger partial charge is 0.344 e. The molecule has 0 fully saturated rings. The second-order valence-corrected chi connectivity index (χ2v) is 4.86. The molecule has 1 N–H and O–H groups in total. The van der Waals surface area contributed by atoms with E-state index < -0.39 is 0 Å². The van der Waals surface area contributed by atoms with Crippen molar-refractivity contribution in [3.8, 4) is 12.3 Å². The highest BCUT2D eigenvalue weighted by molar-refractivity contribution is 7.99. The molecule has 1 amide bonds. The Labute approximate surface area is 115 Å². The number of fused-ring (bicyclic) bond motifs is 1. The van der Waals surface area contributed by atoms with Crippen LogP contribution in [0.25, 0.3) is 5.78 Å². The van der Waals surface area contributed by atoms with E-state index in [1.807, 2.05) is 19.9 Å². The quantitative estimate of drug-likeness (QED) is 0.653. The molecule has 0 aliphatic rings. The molecule has 98 valence electrons. The smallest absolute Gasteiger partial charge is 0.253 e. The molecule has 2 heterocycles. The number of nitrogens with one attached hydrogen (secondary N) is 1. The minimum Gasteiger partial charge on any atom is -0.344 e. The Morgan fingerprint density at radius 3 is 3.05 bits per heavy atom. The lowest BCUT2D eigenvalue weighted by Gasteiger charge is -1.98. The first-order valence-corrected chi connectivity index (χ1v) is 6.62. The van der Waals surface area contributed by atoms with E-state index >= 15 is 0 Å². The van der Waals surface area contributed by atoms with Gasteiger partial charge in [-0.15, -0.1) is 11.5 Å². The van der Waals surface area contributed by atoms with E-state index in [1.54, 1.807) is 4.52 Å². The average molecular weight is 275 g/mol. The van der Waals surface area contributed by atoms with Gasteiger partial charge < -0.3 is 5.32 Å². The lowest BCUT2D eigenvalue weighted by atomic mass is 10.4. The van der Waals surface area contributed by atoms with Crippen LogP contribution in [0.3, 0.4) is 0 Å². The molecule has 19 heavy (non-hydrogen) atoms. The minimum atomic E-state index is -0.136. The third kappa shape index (κ3) is 3.23. The highest BCUT2D eigenvalue weighted by atomic mass is 32.2. The second-order valence-electron chi connectivity index (χ2n) is 3.91. The fraction of sp³-hybridized carbons (Fsp3) is 0.333. The average Bonchev–Trinajstić information content (AvgIpc) is 2.77. The number of aromatic nitrogens is 4. The topological polar surface area (TPSA) is 72.2 Å². The van der Waals surface area contributed by atoms with Crippen molar-refractivity contribution in [3.05, 3.63) is 17.5 Å². The molecule has 0 aliphatic carbocycles. The molecule has 0 unspecified atom stereocenters. The zero-order valence-electron chi connectivity index (χ0n) is 10.7. The number of amides is 1. The van der Waals surface area contributed by atoms with Crippen molar-refractivity contribution in [1.29, 1.82) is 0 Å². The summed E-state index contributed by atoms with van der Waals surface area (Å²) in [6.45, 7) is 4.07. The summed E-state index contributed by atoms with van der Waals surface area (Å²) in [6.07, 6.45) is 5.06. The van der Waals surface area contributed by atoms with Crippen LogP contribution in [0, 0.1) is 26.2 Å². The van der Waals surface area contributed by atoms with E-state index in [4.69, 9.17) is 6.42 Å². The zero-order valence-corrected chi connectivity index (χ0v) is 11.5. The van der Waals surface area contributed by atoms with Crippen molar-refractivity contribution in [1.82, 2.24) is 24.9 Å². The number of carbonyl (C=O) groups is 1. The molecule has 2 aromatic heterocycles. The van der Waals surface area contributed by atoms with E-state index in [-0.39, 0.29) is 18.2 Å². The molecular formula is C12H13N5OS. The fourth-order valence-electron chi connectivity index (χ4n) is 1.54. The predicted molar refractivity (Wildman–Crippen MR) is 72.8 cm³/mol. The van der Waals surface area contributed by atoms with Crippen LogP contribution in [0.2, 0.25) is 0 Å². The Kier molecular flexibility index (Phi) is 4.02. The van der Waals surface area contributed by atoms with Crippen LogP contribution in [0.1, 0.15) is 11.4 Å². The van der Waals surface area contributed by atoms with Gasteiger partial charge in [0.05, 0.1) is 12.3 Å². The van der Waals surface area contributed by atoms with Crippen molar-refractivity contribution in [2.45, 2.75) is 19.0 Å². The van der Waals surface area contributed by atoms with E-state index in [1.165, 1.54) is 11.8 Å². The van der Waals surface area contributed by atoms with Crippen molar-refractivity contribution < 1.29 is 4.79 Å². The monoisotopic (exact) mass is 275 g/mol. The maximum atomic E-state index is 11.4. The van der Waals surface area contributed by atoms with Crippen molar-refractivity contribution in [3.63, 3.8) is 0 Å². The number of hydrogen-bond donors (Lipinski definition) is 1. The lowest BCUT2D eigenvalue weighted by molar-refractivity contribution is -0.118. The first-order chi connectivity index (χ1) is 9.10. The highest BCUT2D eigenvalue weighted by Crippen LogP contribution is 2.14. The zero-order chi connectivity index (χ0) is 13.8. The molecule has 0 aliphatic heterocycles. The summed E-state index contributed by atoms with van der Waals surface area (Å²) in [5, 5.41) is 7.40. The standard InChI is InChI=1S/C12H13N5OS/c1-4-5-13-10(18)7-19-12-15-11-14-8(2)6-9(3)17(11)16-12/h1,6H,5,7H2,2-3H3,(H,13,18). The van der Waals surface area contributed by atoms with Crippen molar-refractivity contribution in [2.24, 2.45) is 0 Å². The Morgan fingerprint density at radius 1 is 1.53 bits per heavy atom. The maximum absolute atomic E-state index is 11.4. The van der Waals surface area contributed by atoms with Gasteiger partial charge in [-0.3, -0.25) is 4.79 Å². The summed E-state index contributed by atoms with van der Waals surface area (Å²) in [4.78, 5) is 20.0. The van der Waals surface area contributed by atoms with Crippen LogP contribution in [-0.2, 0) is 4.79 Å². The van der Waals surface area contributed by atoms with Gasteiger partial charge in [-0.05, 0) is 19.9 Å². The minimum absolute atomic E-state index is 0.136. The van der Waals surface area contributed by atoms with Gasteiger partial charge in [0.15, 0.2) is 0 Å². The van der Waals surface area contributed by atoms with Crippen LogP contribution < -0.4 is 5.32 Å². The van der Waals surface area contributed by atoms with Gasteiger partial charge >= 0.3 is 0 Å². The summed E-state index contributed by atoms with van der Waals surface area (Å²) in [7, 11) is 0. The molecule has 0 saturated carbocycles. The van der Waals surface area contributed by atoms with Gasteiger partial charge in [-0.25, -0.2) is 9.50 Å². The molecule has 0 bridgehead atoms. The van der Waals surface area contributed by atoms with E-state index in [2.05, 4.69) is 26.3 Å². The number of carbonyl (C=O) groups excluding carboxylic acids is 1. The Balaban J connectivity index is 2.08. The summed E-state index contributed by atoms with van der Waals surface area (Å²) < 4.78 is 1.66. The maximum Gasteiger partial charge on any atom is 0.253 e. The van der Waals surface area contributed by atoms with Crippen LogP contribution in [0.5, 0.6) is 0 Å². The molecule has 2 rings (SSSR count). The number of aryl methyl sites for hydroxylation is 2. The normalized spacial score (nSPS) is 10.4. The number of rotatable bonds is 4. The first kappa shape index (κ1) is 13.4. The molecule has 0 spiro atoms. The number of hydrogen-bond acceptors (Lipinski definition) is 5. The van der Waals surface area contributed by atoms with Gasteiger partial charge in [0.1, 0.15) is 0 Å². The first-order valence-electron chi connectivity index (χ1n) is 5.64. The van der Waals surface area contributed by atoms with Gasteiger partial charge in [0.2, 0.25) is 11.1 Å². The molecule has 0 aromatic carbocycles. The van der Waals surface area contributed by atoms with Gasteiger partial charge in [-0.2, -0.15) is 4.98 Å². The Morgan fingerprint density at radius 2 is 2.32 bits per heavy atom. The molecule has 0 saturated heterocycles. The van der Waals surface area contributed by atoms with Crippen LogP contribution >= 0.6 is 11.8 Å². The molecule has 0 radical (unpaired) electrons. The number of nitrogens with zero attached hydrogens (tertiary/aromatic N) is 4. The molecular weight excluding hydrogens is 262 g/mol. The van der Waals surface area contributed by atoms with Gasteiger partial charge in [0, 0.05) is 11.4 Å². The van der Waals surface area contributed by atoms with E-state index in [0.29, 0.717) is 10.9 Å². The highest BCUT2D eigenvalue weighted by Gasteiger charge is 2.09. The van der Waals surface area contributed by atoms with E-state index in [9.17, 15) is 4.79 Å². The molecule has 6 nitrogen and oxygen atoms in total. The predicted octanol–water partition coefficient (Wildman–Crippen LogP) is 0.583. The third-order valence-electron chi connectivity index (χ3n) is 2.32. The molecule has 2 aromatic rings. The number of terminal acetylenes is 1. The van der Waals surface area contributed by atoms with E-state index in [0.717, 1.165) is 11.4 Å². The summed E-state index contributed by atoms with van der Waals surface area (Å²) in [5.41, 5.74) is 1.85. The van der Waals surface area contributed by atoms with Crippen LogP contribution in [0.15, 0.2) is 11.2 Å². The molecule has 7 heteroatoms. The summed E-state index contributed by atoms with van der Waals surface area (Å²) >= 11 is 1.26. The summed E-state index contributed by atoms with van der Waals surface area (Å²) in [5.74, 6) is 2.99. The lowest BCUT2D eigenvalue weighted by Crippen LogP contribution is -2.25. The van der Waals surface area contributed by atoms with Crippen molar-refractivity contribution in [2.75, 3.05) is 12.3 Å². The Bertz CT molecular complexity index is 658. The van der Waals surface area contributed by atoms with Crippen LogP contribution in [-0.4, -0.2) is 37.8 Å². The Hall–Kier alpha value is -2.07. The van der Waals surface area contributed by atoms with Crippen molar-refractivity contribution >= 4 is 23.4 Å². The molecule has 0 atom stereocenters.